The highest BCUT2D eigenvalue weighted by Gasteiger charge is 2.31. The van der Waals surface area contributed by atoms with Crippen molar-refractivity contribution in [1.82, 2.24) is 15.2 Å². The summed E-state index contributed by atoms with van der Waals surface area (Å²) >= 11 is 5.77. The van der Waals surface area contributed by atoms with Crippen molar-refractivity contribution in [1.29, 1.82) is 0 Å². The monoisotopic (exact) mass is 489 g/mol. The molecule has 1 aromatic carbocycles. The highest BCUT2D eigenvalue weighted by molar-refractivity contribution is 6.27. The quantitative estimate of drug-likeness (QED) is 0.351. The van der Waals surface area contributed by atoms with Crippen LogP contribution in [0.4, 0.5) is 0 Å². The van der Waals surface area contributed by atoms with Crippen molar-refractivity contribution in [2.24, 2.45) is 17.8 Å². The Morgan fingerprint density at radius 1 is 1.26 bits per heavy atom. The standard InChI is InChI=1S/C25H32ClN3O5/c1-15(2)9-17(10-21(30)20-11-18-19(28-20)5-4-6-23(18)34-3)22(31)14-29(24(32)12-26)13-16-7-8-27-25(16)33/h4-6,11,15-17,28H,7-10,12-14H2,1-3H3,(H,27,33)/t16-,17+/m0/s1. The summed E-state index contributed by atoms with van der Waals surface area (Å²) in [5, 5.41) is 3.55. The highest BCUT2D eigenvalue weighted by atomic mass is 35.5. The fourth-order valence-electron chi connectivity index (χ4n) is 4.43. The first-order valence-electron chi connectivity index (χ1n) is 11.6. The van der Waals surface area contributed by atoms with Crippen molar-refractivity contribution in [2.75, 3.05) is 32.6 Å². The molecule has 0 bridgehead atoms. The van der Waals surface area contributed by atoms with Gasteiger partial charge in [-0.2, -0.15) is 0 Å². The third-order valence-electron chi connectivity index (χ3n) is 6.20. The molecule has 1 aromatic heterocycles. The Labute approximate surface area is 204 Å². The van der Waals surface area contributed by atoms with Gasteiger partial charge in [-0.25, -0.2) is 0 Å². The van der Waals surface area contributed by atoms with Gasteiger partial charge in [-0.1, -0.05) is 19.9 Å². The number of nitrogens with zero attached hydrogens (tertiary/aromatic N) is 1. The third-order valence-corrected chi connectivity index (χ3v) is 6.43. The van der Waals surface area contributed by atoms with Gasteiger partial charge in [0.05, 0.1) is 25.3 Å². The Bertz CT molecular complexity index is 1060. The van der Waals surface area contributed by atoms with Crippen LogP contribution < -0.4 is 10.1 Å². The van der Waals surface area contributed by atoms with Crippen molar-refractivity contribution in [2.45, 2.75) is 33.1 Å². The second kappa shape index (κ2) is 11.5. The molecule has 0 aliphatic carbocycles. The lowest BCUT2D eigenvalue weighted by molar-refractivity contribution is -0.136. The molecule has 1 aliphatic heterocycles. The van der Waals surface area contributed by atoms with Crippen LogP contribution in [0.3, 0.4) is 0 Å². The first kappa shape index (κ1) is 25.7. The number of ketones is 2. The summed E-state index contributed by atoms with van der Waals surface area (Å²) in [7, 11) is 1.57. The number of fused-ring (bicyclic) bond motifs is 1. The number of amides is 2. The zero-order valence-corrected chi connectivity index (χ0v) is 20.6. The Kier molecular flexibility index (Phi) is 8.72. The van der Waals surface area contributed by atoms with Crippen LogP contribution in [0.2, 0.25) is 0 Å². The van der Waals surface area contributed by atoms with Crippen LogP contribution in [-0.2, 0) is 14.4 Å². The highest BCUT2D eigenvalue weighted by Crippen LogP contribution is 2.28. The number of carbonyl (C=O) groups excluding carboxylic acids is 4. The van der Waals surface area contributed by atoms with E-state index >= 15 is 0 Å². The summed E-state index contributed by atoms with van der Waals surface area (Å²) in [6.45, 7) is 4.51. The van der Waals surface area contributed by atoms with Crippen molar-refractivity contribution in [3.05, 3.63) is 30.0 Å². The first-order chi connectivity index (χ1) is 16.2. The summed E-state index contributed by atoms with van der Waals surface area (Å²) < 4.78 is 5.37. The number of Topliss-reactive ketones (excluding diaryl/α,β-unsaturated/α-hetero) is 2. The molecule has 2 heterocycles. The fourth-order valence-corrected chi connectivity index (χ4v) is 4.60. The van der Waals surface area contributed by atoms with Gasteiger partial charge in [0.2, 0.25) is 11.8 Å². The van der Waals surface area contributed by atoms with E-state index in [1.165, 1.54) is 4.90 Å². The van der Waals surface area contributed by atoms with E-state index in [2.05, 4.69) is 10.3 Å². The van der Waals surface area contributed by atoms with Crippen molar-refractivity contribution in [3.63, 3.8) is 0 Å². The smallest absolute Gasteiger partial charge is 0.237 e. The van der Waals surface area contributed by atoms with Crippen LogP contribution in [-0.4, -0.2) is 65.9 Å². The van der Waals surface area contributed by atoms with E-state index in [1.807, 2.05) is 32.0 Å². The lowest BCUT2D eigenvalue weighted by atomic mass is 9.88. The number of halogens is 1. The Balaban J connectivity index is 1.75. The summed E-state index contributed by atoms with van der Waals surface area (Å²) in [5.41, 5.74) is 1.19. The largest absolute Gasteiger partial charge is 0.496 e. The average Bonchev–Trinajstić information content (AvgIpc) is 3.43. The number of aromatic amines is 1. The van der Waals surface area contributed by atoms with Crippen LogP contribution >= 0.6 is 11.6 Å². The number of ether oxygens (including phenoxy) is 1. The lowest BCUT2D eigenvalue weighted by Crippen LogP contribution is -2.43. The van der Waals surface area contributed by atoms with Gasteiger partial charge >= 0.3 is 0 Å². The number of rotatable bonds is 12. The molecule has 34 heavy (non-hydrogen) atoms. The normalized spacial score (nSPS) is 16.5. The van der Waals surface area contributed by atoms with Crippen LogP contribution in [0.5, 0.6) is 5.75 Å². The zero-order valence-electron chi connectivity index (χ0n) is 19.9. The fraction of sp³-hybridized carbons (Fsp3) is 0.520. The van der Waals surface area contributed by atoms with Crippen molar-refractivity contribution < 1.29 is 23.9 Å². The lowest BCUT2D eigenvalue weighted by Gasteiger charge is -2.26. The van der Waals surface area contributed by atoms with Gasteiger partial charge in [-0.3, -0.25) is 19.2 Å². The van der Waals surface area contributed by atoms with Crippen molar-refractivity contribution in [3.8, 4) is 5.75 Å². The molecule has 184 valence electrons. The van der Waals surface area contributed by atoms with Gasteiger partial charge in [-0.15, -0.1) is 11.6 Å². The van der Waals surface area contributed by atoms with E-state index in [9.17, 15) is 19.2 Å². The number of aromatic nitrogens is 1. The van der Waals surface area contributed by atoms with Crippen LogP contribution in [0.15, 0.2) is 24.3 Å². The second-order valence-electron chi connectivity index (χ2n) is 9.21. The van der Waals surface area contributed by atoms with E-state index < -0.39 is 11.8 Å². The molecule has 3 rings (SSSR count). The maximum Gasteiger partial charge on any atom is 0.237 e. The minimum Gasteiger partial charge on any atom is -0.496 e. The number of hydrogen-bond acceptors (Lipinski definition) is 5. The topological polar surface area (TPSA) is 109 Å². The van der Waals surface area contributed by atoms with Crippen LogP contribution in [0, 0.1) is 17.8 Å². The zero-order chi connectivity index (χ0) is 24.8. The Hall–Kier alpha value is -2.87. The molecule has 9 heteroatoms. The minimum atomic E-state index is -0.552. The van der Waals surface area contributed by atoms with E-state index in [0.29, 0.717) is 30.8 Å². The van der Waals surface area contributed by atoms with Gasteiger partial charge in [0.25, 0.3) is 0 Å². The molecule has 2 N–H and O–H groups in total. The van der Waals surface area contributed by atoms with Crippen molar-refractivity contribution >= 4 is 45.9 Å². The number of carbonyl (C=O) groups is 4. The number of hydrogen-bond donors (Lipinski definition) is 2. The summed E-state index contributed by atoms with van der Waals surface area (Å²) in [5.74, 6) is -1.23. The number of benzene rings is 1. The molecular weight excluding hydrogens is 458 g/mol. The first-order valence-corrected chi connectivity index (χ1v) is 12.1. The summed E-state index contributed by atoms with van der Waals surface area (Å²) in [6, 6.07) is 7.27. The molecule has 0 unspecified atom stereocenters. The van der Waals surface area contributed by atoms with E-state index in [1.54, 1.807) is 13.2 Å². The molecule has 0 saturated carbocycles. The second-order valence-corrected chi connectivity index (χ2v) is 9.48. The average molecular weight is 490 g/mol. The van der Waals surface area contributed by atoms with Gasteiger partial charge in [0.15, 0.2) is 11.6 Å². The van der Waals surface area contributed by atoms with Gasteiger partial charge < -0.3 is 19.9 Å². The minimum absolute atomic E-state index is 0.0268. The molecule has 8 nitrogen and oxygen atoms in total. The van der Waals surface area contributed by atoms with E-state index in [0.717, 1.165) is 10.9 Å². The number of alkyl halides is 1. The molecule has 2 atom stereocenters. The van der Waals surface area contributed by atoms with Crippen LogP contribution in [0.1, 0.15) is 43.6 Å². The van der Waals surface area contributed by atoms with Crippen LogP contribution in [0.25, 0.3) is 10.9 Å². The van der Waals surface area contributed by atoms with E-state index in [4.69, 9.17) is 16.3 Å². The molecule has 2 aromatic rings. The predicted octanol–water partition coefficient (Wildman–Crippen LogP) is 3.18. The summed E-state index contributed by atoms with van der Waals surface area (Å²) in [6.07, 6.45) is 1.15. The number of H-pyrrole nitrogens is 1. The molecule has 0 radical (unpaired) electrons. The summed E-state index contributed by atoms with van der Waals surface area (Å²) in [4.78, 5) is 55.3. The van der Waals surface area contributed by atoms with Gasteiger partial charge in [0, 0.05) is 36.3 Å². The molecular formula is C25H32ClN3O5. The van der Waals surface area contributed by atoms with Gasteiger partial charge in [0.1, 0.15) is 11.6 Å². The molecule has 2 amide bonds. The Morgan fingerprint density at radius 3 is 2.65 bits per heavy atom. The molecule has 1 saturated heterocycles. The maximum absolute atomic E-state index is 13.3. The predicted molar refractivity (Wildman–Crippen MR) is 130 cm³/mol. The number of methoxy groups -OCH3 is 1. The number of nitrogens with one attached hydrogen (secondary N) is 2. The van der Waals surface area contributed by atoms with Gasteiger partial charge in [-0.05, 0) is 37.0 Å². The molecule has 1 aliphatic rings. The maximum atomic E-state index is 13.3. The molecule has 0 spiro atoms. The molecule has 1 fully saturated rings. The third kappa shape index (κ3) is 6.17. The van der Waals surface area contributed by atoms with E-state index in [-0.39, 0.29) is 54.7 Å². The SMILES string of the molecule is COc1cccc2[nH]c(C(=O)C[C@@H](CC(C)C)C(=O)CN(C[C@@H]3CCNC3=O)C(=O)CCl)cc12. The Morgan fingerprint density at radius 2 is 2.03 bits per heavy atom.